The first-order valence-corrected chi connectivity index (χ1v) is 7.80. The van der Waals surface area contributed by atoms with Crippen LogP contribution in [0.1, 0.15) is 15.6 Å². The summed E-state index contributed by atoms with van der Waals surface area (Å²) in [5.74, 6) is 0.458. The summed E-state index contributed by atoms with van der Waals surface area (Å²) in [6.45, 7) is 2.35. The molecule has 0 saturated carbocycles. The molecule has 0 aliphatic heterocycles. The van der Waals surface area contributed by atoms with E-state index in [4.69, 9.17) is 21.1 Å². The third kappa shape index (κ3) is 4.19. The van der Waals surface area contributed by atoms with E-state index in [1.54, 1.807) is 32.4 Å². The van der Waals surface area contributed by atoms with Crippen molar-refractivity contribution in [2.24, 2.45) is 0 Å². The Morgan fingerprint density at radius 3 is 2.82 bits per heavy atom. The number of ether oxygens (including phenoxy) is 2. The van der Waals surface area contributed by atoms with Crippen molar-refractivity contribution in [1.29, 1.82) is 0 Å². The van der Waals surface area contributed by atoms with Crippen LogP contribution in [0.5, 0.6) is 5.75 Å². The molecule has 0 unspecified atom stereocenters. The molecule has 22 heavy (non-hydrogen) atoms. The molecular formula is C15H17ClN2O3S. The summed E-state index contributed by atoms with van der Waals surface area (Å²) in [5.41, 5.74) is 1.50. The molecule has 0 spiro atoms. The molecular weight excluding hydrogens is 324 g/mol. The van der Waals surface area contributed by atoms with E-state index in [0.29, 0.717) is 23.1 Å². The first kappa shape index (κ1) is 16.7. The van der Waals surface area contributed by atoms with E-state index in [-0.39, 0.29) is 12.3 Å². The molecule has 7 heteroatoms. The van der Waals surface area contributed by atoms with Gasteiger partial charge in [0, 0.05) is 17.7 Å². The number of hydrogen-bond acceptors (Lipinski definition) is 5. The summed E-state index contributed by atoms with van der Waals surface area (Å²) < 4.78 is 10.1. The van der Waals surface area contributed by atoms with Gasteiger partial charge in [-0.15, -0.1) is 11.3 Å². The van der Waals surface area contributed by atoms with Crippen LogP contribution in [0.2, 0.25) is 5.02 Å². The van der Waals surface area contributed by atoms with E-state index in [1.807, 2.05) is 6.92 Å². The second kappa shape index (κ2) is 7.58. The number of methoxy groups -OCH3 is 2. The van der Waals surface area contributed by atoms with Crippen molar-refractivity contribution in [3.8, 4) is 5.75 Å². The Bertz CT molecular complexity index is 673. The van der Waals surface area contributed by atoms with Gasteiger partial charge in [0.1, 0.15) is 10.8 Å². The molecule has 5 nitrogen and oxygen atoms in total. The third-order valence-corrected chi connectivity index (χ3v) is 4.39. The van der Waals surface area contributed by atoms with E-state index in [1.165, 1.54) is 11.3 Å². The van der Waals surface area contributed by atoms with Crippen LogP contribution in [0.4, 0.5) is 5.69 Å². The summed E-state index contributed by atoms with van der Waals surface area (Å²) in [6, 6.07) is 5.12. The second-order valence-corrected chi connectivity index (χ2v) is 6.20. The van der Waals surface area contributed by atoms with Crippen molar-refractivity contribution >= 4 is 34.5 Å². The smallest absolute Gasteiger partial charge is 0.229 e. The van der Waals surface area contributed by atoms with Crippen molar-refractivity contribution in [2.45, 2.75) is 20.0 Å². The maximum Gasteiger partial charge on any atom is 0.229 e. The van der Waals surface area contributed by atoms with Crippen molar-refractivity contribution in [2.75, 3.05) is 19.5 Å². The number of halogens is 1. The molecule has 0 bridgehead atoms. The van der Waals surface area contributed by atoms with Gasteiger partial charge in [-0.05, 0) is 25.1 Å². The van der Waals surface area contributed by atoms with Gasteiger partial charge in [0.2, 0.25) is 5.91 Å². The minimum absolute atomic E-state index is 0.114. The van der Waals surface area contributed by atoms with E-state index >= 15 is 0 Å². The van der Waals surface area contributed by atoms with Gasteiger partial charge in [-0.1, -0.05) is 11.6 Å². The van der Waals surface area contributed by atoms with Crippen LogP contribution in [0, 0.1) is 6.92 Å². The molecule has 2 aromatic rings. The Morgan fingerprint density at radius 2 is 2.18 bits per heavy atom. The van der Waals surface area contributed by atoms with E-state index in [2.05, 4.69) is 10.3 Å². The number of amides is 1. The number of aryl methyl sites for hydroxylation is 1. The average molecular weight is 341 g/mol. The van der Waals surface area contributed by atoms with Crippen molar-refractivity contribution in [3.63, 3.8) is 0 Å². The molecule has 2 rings (SSSR count). The first-order chi connectivity index (χ1) is 10.5. The first-order valence-electron chi connectivity index (χ1n) is 6.61. The highest BCUT2D eigenvalue weighted by Gasteiger charge is 2.12. The highest BCUT2D eigenvalue weighted by atomic mass is 35.5. The Kier molecular flexibility index (Phi) is 5.76. The molecule has 0 radical (unpaired) electrons. The predicted molar refractivity (Wildman–Crippen MR) is 87.9 cm³/mol. The van der Waals surface area contributed by atoms with Crippen LogP contribution in [0.3, 0.4) is 0 Å². The normalized spacial score (nSPS) is 10.5. The SMILES string of the molecule is COCc1nc(C)c(CC(=O)Nc2ccc(OC)c(Cl)c2)s1. The topological polar surface area (TPSA) is 60.5 Å². The van der Waals surface area contributed by atoms with Crippen LogP contribution < -0.4 is 10.1 Å². The van der Waals surface area contributed by atoms with Crippen molar-refractivity contribution in [1.82, 2.24) is 4.98 Å². The summed E-state index contributed by atoms with van der Waals surface area (Å²) >= 11 is 7.53. The van der Waals surface area contributed by atoms with Gasteiger partial charge in [-0.25, -0.2) is 4.98 Å². The number of hydrogen-bond donors (Lipinski definition) is 1. The molecule has 1 N–H and O–H groups in total. The van der Waals surface area contributed by atoms with E-state index in [9.17, 15) is 4.79 Å². The van der Waals surface area contributed by atoms with Crippen LogP contribution in [0.15, 0.2) is 18.2 Å². The number of anilines is 1. The molecule has 118 valence electrons. The lowest BCUT2D eigenvalue weighted by molar-refractivity contribution is -0.115. The van der Waals surface area contributed by atoms with Crippen molar-refractivity contribution < 1.29 is 14.3 Å². The predicted octanol–water partition coefficient (Wildman–Crippen LogP) is 3.44. The Morgan fingerprint density at radius 1 is 1.41 bits per heavy atom. The van der Waals surface area contributed by atoms with Gasteiger partial charge in [0.15, 0.2) is 0 Å². The van der Waals surface area contributed by atoms with Gasteiger partial charge < -0.3 is 14.8 Å². The van der Waals surface area contributed by atoms with Crippen LogP contribution in [-0.4, -0.2) is 25.1 Å². The van der Waals surface area contributed by atoms with Gasteiger partial charge in [-0.3, -0.25) is 4.79 Å². The summed E-state index contributed by atoms with van der Waals surface area (Å²) in [6.07, 6.45) is 0.275. The molecule has 0 saturated heterocycles. The number of nitrogens with zero attached hydrogens (tertiary/aromatic N) is 1. The highest BCUT2D eigenvalue weighted by Crippen LogP contribution is 2.27. The molecule has 1 aromatic carbocycles. The number of rotatable bonds is 6. The highest BCUT2D eigenvalue weighted by molar-refractivity contribution is 7.11. The number of carbonyl (C=O) groups excluding carboxylic acids is 1. The maximum absolute atomic E-state index is 12.1. The van der Waals surface area contributed by atoms with Crippen LogP contribution >= 0.6 is 22.9 Å². The Balaban J connectivity index is 2.02. The molecule has 0 atom stereocenters. The van der Waals surface area contributed by atoms with Crippen LogP contribution in [0.25, 0.3) is 0 Å². The Hall–Kier alpha value is -1.63. The van der Waals surface area contributed by atoms with Crippen LogP contribution in [-0.2, 0) is 22.6 Å². The maximum atomic E-state index is 12.1. The van der Waals surface area contributed by atoms with E-state index < -0.39 is 0 Å². The Labute approximate surface area is 138 Å². The number of thiazole rings is 1. The summed E-state index contributed by atoms with van der Waals surface area (Å²) in [5, 5.41) is 4.15. The number of aromatic nitrogens is 1. The zero-order chi connectivity index (χ0) is 16.1. The lowest BCUT2D eigenvalue weighted by Crippen LogP contribution is -2.14. The fraction of sp³-hybridized carbons (Fsp3) is 0.333. The minimum atomic E-state index is -0.114. The molecule has 1 aromatic heterocycles. The zero-order valence-electron chi connectivity index (χ0n) is 12.6. The molecule has 0 aliphatic carbocycles. The summed E-state index contributed by atoms with van der Waals surface area (Å²) in [4.78, 5) is 17.4. The fourth-order valence-corrected chi connectivity index (χ4v) is 3.23. The fourth-order valence-electron chi connectivity index (χ4n) is 1.93. The zero-order valence-corrected chi connectivity index (χ0v) is 14.2. The monoisotopic (exact) mass is 340 g/mol. The van der Waals surface area contributed by atoms with Gasteiger partial charge in [-0.2, -0.15) is 0 Å². The summed E-state index contributed by atoms with van der Waals surface area (Å²) in [7, 11) is 3.17. The molecule has 1 heterocycles. The molecule has 0 aliphatic rings. The number of carbonyl (C=O) groups is 1. The molecule has 1 amide bonds. The quantitative estimate of drug-likeness (QED) is 0.875. The van der Waals surface area contributed by atoms with Gasteiger partial charge >= 0.3 is 0 Å². The average Bonchev–Trinajstić information content (AvgIpc) is 2.79. The number of benzene rings is 1. The number of nitrogens with one attached hydrogen (secondary N) is 1. The standard InChI is InChI=1S/C15H17ClN2O3S/c1-9-13(22-15(17-9)8-20-2)7-14(19)18-10-4-5-12(21-3)11(16)6-10/h4-6H,7-8H2,1-3H3,(H,18,19). The second-order valence-electron chi connectivity index (χ2n) is 4.62. The lowest BCUT2D eigenvalue weighted by atomic mass is 10.2. The largest absolute Gasteiger partial charge is 0.495 e. The minimum Gasteiger partial charge on any atom is -0.495 e. The van der Waals surface area contributed by atoms with Gasteiger partial charge in [0.25, 0.3) is 0 Å². The van der Waals surface area contributed by atoms with E-state index in [0.717, 1.165) is 15.6 Å². The lowest BCUT2D eigenvalue weighted by Gasteiger charge is -2.07. The van der Waals surface area contributed by atoms with Crippen molar-refractivity contribution in [3.05, 3.63) is 38.8 Å². The van der Waals surface area contributed by atoms with Gasteiger partial charge in [0.05, 0.1) is 30.9 Å². The molecule has 0 fully saturated rings. The third-order valence-electron chi connectivity index (χ3n) is 2.96.